The zero-order chi connectivity index (χ0) is 17.4. The first-order chi connectivity index (χ1) is 11.5. The molecule has 3 rings (SSSR count). The number of benzene rings is 2. The highest BCUT2D eigenvalue weighted by molar-refractivity contribution is 7.55. The number of carbonyl (C=O) groups excluding carboxylic acids is 1. The highest BCUT2D eigenvalue weighted by Crippen LogP contribution is 2.75. The maximum Gasteiger partial charge on any atom is 0.369 e. The van der Waals surface area contributed by atoms with Crippen molar-refractivity contribution >= 4 is 25.0 Å². The summed E-state index contributed by atoms with van der Waals surface area (Å²) in [6, 6.07) is 15.4. The molecule has 1 aliphatic rings. The molecule has 2 aromatic rings. The van der Waals surface area contributed by atoms with Crippen molar-refractivity contribution in [3.05, 3.63) is 70.7 Å². The lowest BCUT2D eigenvalue weighted by atomic mass is 10.0. The molecule has 0 aliphatic carbocycles. The normalized spacial score (nSPS) is 23.0. The molecule has 2 atom stereocenters. The summed E-state index contributed by atoms with van der Waals surface area (Å²) in [6.45, 7) is 0. The van der Waals surface area contributed by atoms with Gasteiger partial charge in [-0.3, -0.25) is 9.36 Å². The third-order valence-electron chi connectivity index (χ3n) is 4.04. The second-order valence-corrected chi connectivity index (χ2v) is 8.06. The van der Waals surface area contributed by atoms with E-state index in [9.17, 15) is 9.36 Å². The van der Waals surface area contributed by atoms with Crippen LogP contribution in [-0.4, -0.2) is 26.1 Å². The van der Waals surface area contributed by atoms with E-state index < -0.39 is 19.0 Å². The van der Waals surface area contributed by atoms with Crippen molar-refractivity contribution in [1.82, 2.24) is 0 Å². The Bertz CT molecular complexity index is 802. The molecule has 0 unspecified atom stereocenters. The van der Waals surface area contributed by atoms with Crippen LogP contribution in [0.3, 0.4) is 0 Å². The first-order valence-electron chi connectivity index (χ1n) is 7.24. The molecular weight excluding hydrogens is 351 g/mol. The molecule has 0 spiro atoms. The highest BCUT2D eigenvalue weighted by Gasteiger charge is 2.74. The van der Waals surface area contributed by atoms with Crippen molar-refractivity contribution in [3.8, 4) is 0 Å². The molecule has 126 valence electrons. The molecular formula is C17H16ClO5P. The Morgan fingerprint density at radius 3 is 2.25 bits per heavy atom. The smallest absolute Gasteiger partial charge is 0.339 e. The number of Topliss-reactive ketones (excluding diaryl/α,β-unsaturated/α-hetero) is 1. The molecule has 24 heavy (non-hydrogen) atoms. The minimum atomic E-state index is -3.78. The predicted molar refractivity (Wildman–Crippen MR) is 90.4 cm³/mol. The van der Waals surface area contributed by atoms with Crippen molar-refractivity contribution in [2.75, 3.05) is 14.2 Å². The average molecular weight is 367 g/mol. The van der Waals surface area contributed by atoms with Crippen LogP contribution in [0.4, 0.5) is 0 Å². The summed E-state index contributed by atoms with van der Waals surface area (Å²) in [6.07, 6.45) is -0.995. The second kappa shape index (κ2) is 6.43. The van der Waals surface area contributed by atoms with E-state index >= 15 is 0 Å². The summed E-state index contributed by atoms with van der Waals surface area (Å²) in [5, 5.41) is -1.21. The molecule has 2 aromatic carbocycles. The van der Waals surface area contributed by atoms with Crippen LogP contribution < -0.4 is 0 Å². The van der Waals surface area contributed by atoms with Gasteiger partial charge in [-0.25, -0.2) is 0 Å². The number of hydrogen-bond acceptors (Lipinski definition) is 5. The van der Waals surface area contributed by atoms with Gasteiger partial charge < -0.3 is 13.8 Å². The van der Waals surface area contributed by atoms with E-state index in [2.05, 4.69) is 0 Å². The lowest BCUT2D eigenvalue weighted by Gasteiger charge is -2.22. The van der Waals surface area contributed by atoms with Gasteiger partial charge in [0.05, 0.1) is 0 Å². The quantitative estimate of drug-likeness (QED) is 0.434. The molecule has 1 heterocycles. The number of halogens is 1. The van der Waals surface area contributed by atoms with Crippen LogP contribution in [0, 0.1) is 0 Å². The van der Waals surface area contributed by atoms with E-state index in [-0.39, 0.29) is 5.78 Å². The van der Waals surface area contributed by atoms with Crippen molar-refractivity contribution in [1.29, 1.82) is 0 Å². The van der Waals surface area contributed by atoms with Crippen LogP contribution in [0.25, 0.3) is 0 Å². The number of ether oxygens (including phenoxy) is 1. The Hall–Kier alpha value is -1.49. The van der Waals surface area contributed by atoms with Gasteiger partial charge in [0.1, 0.15) is 0 Å². The summed E-state index contributed by atoms with van der Waals surface area (Å²) in [7, 11) is -1.26. The summed E-state index contributed by atoms with van der Waals surface area (Å²) in [5.74, 6) is -0.301. The molecule has 1 aliphatic heterocycles. The highest BCUT2D eigenvalue weighted by atomic mass is 35.5. The lowest BCUT2D eigenvalue weighted by Crippen LogP contribution is -2.22. The summed E-state index contributed by atoms with van der Waals surface area (Å²) in [4.78, 5) is 12.8. The van der Waals surface area contributed by atoms with E-state index in [1.54, 1.807) is 54.6 Å². The Morgan fingerprint density at radius 1 is 1.08 bits per heavy atom. The van der Waals surface area contributed by atoms with E-state index in [4.69, 9.17) is 25.4 Å². The van der Waals surface area contributed by atoms with Gasteiger partial charge in [-0.15, -0.1) is 0 Å². The SMILES string of the molecule is COP(=O)(OC)[C@]1(c2ccccc2Cl)O[C@H]1C(=O)c1ccccc1. The van der Waals surface area contributed by atoms with Crippen molar-refractivity contribution < 1.29 is 23.1 Å². The van der Waals surface area contributed by atoms with E-state index in [0.29, 0.717) is 16.1 Å². The maximum absolute atomic E-state index is 13.2. The van der Waals surface area contributed by atoms with Crippen LogP contribution in [0.15, 0.2) is 54.6 Å². The van der Waals surface area contributed by atoms with Crippen LogP contribution in [0.1, 0.15) is 15.9 Å². The molecule has 7 heteroatoms. The number of ketones is 1. The summed E-state index contributed by atoms with van der Waals surface area (Å²) >= 11 is 6.26. The van der Waals surface area contributed by atoms with Crippen molar-refractivity contribution in [3.63, 3.8) is 0 Å². The number of carbonyl (C=O) groups is 1. The molecule has 1 fully saturated rings. The van der Waals surface area contributed by atoms with Gasteiger partial charge in [-0.05, 0) is 6.07 Å². The van der Waals surface area contributed by atoms with Gasteiger partial charge in [0.2, 0.25) is 5.34 Å². The first-order valence-corrected chi connectivity index (χ1v) is 9.16. The zero-order valence-corrected chi connectivity index (χ0v) is 14.8. The fourth-order valence-corrected chi connectivity index (χ4v) is 4.95. The maximum atomic E-state index is 13.2. The monoisotopic (exact) mass is 366 g/mol. The molecule has 0 amide bonds. The Balaban J connectivity index is 2.09. The van der Waals surface area contributed by atoms with Crippen LogP contribution >= 0.6 is 19.2 Å². The Kier molecular flexibility index (Phi) is 4.65. The minimum Gasteiger partial charge on any atom is -0.339 e. The van der Waals surface area contributed by atoms with Gasteiger partial charge in [-0.1, -0.05) is 60.1 Å². The molecule has 0 N–H and O–H groups in total. The largest absolute Gasteiger partial charge is 0.369 e. The summed E-state index contributed by atoms with van der Waals surface area (Å²) in [5.41, 5.74) is 0.864. The lowest BCUT2D eigenvalue weighted by molar-refractivity contribution is 0.0953. The number of hydrogen-bond donors (Lipinski definition) is 0. The molecule has 1 saturated heterocycles. The van der Waals surface area contributed by atoms with Crippen molar-refractivity contribution in [2.45, 2.75) is 11.4 Å². The molecule has 0 bridgehead atoms. The van der Waals surface area contributed by atoms with Crippen molar-refractivity contribution in [2.24, 2.45) is 0 Å². The fraction of sp³-hybridized carbons (Fsp3) is 0.235. The fourth-order valence-electron chi connectivity index (χ4n) is 2.79. The topological polar surface area (TPSA) is 65.1 Å². The molecule has 0 aromatic heterocycles. The minimum absolute atomic E-state index is 0.301. The summed E-state index contributed by atoms with van der Waals surface area (Å²) < 4.78 is 29.1. The van der Waals surface area contributed by atoms with E-state index in [0.717, 1.165) is 0 Å². The third-order valence-corrected chi connectivity index (χ3v) is 6.72. The Morgan fingerprint density at radius 2 is 1.67 bits per heavy atom. The Labute approximate surface area is 145 Å². The third kappa shape index (κ3) is 2.53. The predicted octanol–water partition coefficient (Wildman–Crippen LogP) is 4.26. The van der Waals surface area contributed by atoms with Crippen LogP contribution in [0.5, 0.6) is 0 Å². The van der Waals surface area contributed by atoms with Gasteiger partial charge in [0.25, 0.3) is 0 Å². The molecule has 5 nitrogen and oxygen atoms in total. The molecule has 0 radical (unpaired) electrons. The van der Waals surface area contributed by atoms with Gasteiger partial charge in [-0.2, -0.15) is 0 Å². The van der Waals surface area contributed by atoms with E-state index in [1.165, 1.54) is 14.2 Å². The standard InChI is InChI=1S/C17H16ClO5P/c1-21-24(20,22-2)17(13-10-6-7-11-14(13)18)16(23-17)15(19)12-8-4-3-5-9-12/h3-11,16H,1-2H3/t16-,17-/m0/s1. The van der Waals surface area contributed by atoms with Crippen LogP contribution in [-0.2, 0) is 23.7 Å². The van der Waals surface area contributed by atoms with Gasteiger partial charge in [0, 0.05) is 30.4 Å². The second-order valence-electron chi connectivity index (χ2n) is 5.27. The van der Waals surface area contributed by atoms with Gasteiger partial charge >= 0.3 is 7.60 Å². The first kappa shape index (κ1) is 17.3. The molecule has 0 saturated carbocycles. The number of rotatable bonds is 6. The van der Waals surface area contributed by atoms with Gasteiger partial charge in [0.15, 0.2) is 11.9 Å². The van der Waals surface area contributed by atoms with E-state index in [1.807, 2.05) is 0 Å². The van der Waals surface area contributed by atoms with Crippen LogP contribution in [0.2, 0.25) is 5.02 Å². The number of epoxide rings is 1. The average Bonchev–Trinajstić information content (AvgIpc) is 3.38. The zero-order valence-electron chi connectivity index (χ0n) is 13.1.